The first kappa shape index (κ1) is 35.6. The molecule has 7 rings (SSSR count). The highest BCUT2D eigenvalue weighted by Crippen LogP contribution is 2.58. The van der Waals surface area contributed by atoms with Gasteiger partial charge < -0.3 is 0 Å². The molecule has 50 heavy (non-hydrogen) atoms. The largest absolute Gasteiger partial charge is 0.0776 e. The van der Waals surface area contributed by atoms with Crippen molar-refractivity contribution in [3.63, 3.8) is 0 Å². The SMILES string of the molecule is C[Si](C)(C)c1cc(-c2cccc3c2C=C(C2(C4=Cc5c(cccc5-c5cc([Si](C)(C)C)cc([Si](C)(C)C)c5)C4)CCC2)C3)cc([Si](C)(C)C)c1. The number of hydrogen-bond acceptors (Lipinski definition) is 0. The first-order valence-electron chi connectivity index (χ1n) is 19.2. The van der Waals surface area contributed by atoms with Crippen LogP contribution in [0.1, 0.15) is 41.5 Å². The van der Waals surface area contributed by atoms with Crippen LogP contribution in [0.15, 0.2) is 83.9 Å². The molecule has 0 heterocycles. The van der Waals surface area contributed by atoms with Crippen molar-refractivity contribution in [2.24, 2.45) is 5.41 Å². The molecule has 3 aliphatic carbocycles. The Morgan fingerprint density at radius 1 is 0.440 bits per heavy atom. The summed E-state index contributed by atoms with van der Waals surface area (Å²) in [4.78, 5) is 0. The zero-order chi connectivity index (χ0) is 36.0. The summed E-state index contributed by atoms with van der Waals surface area (Å²) in [6.45, 7) is 30.0. The topological polar surface area (TPSA) is 0 Å². The Morgan fingerprint density at radius 3 is 1.06 bits per heavy atom. The van der Waals surface area contributed by atoms with Crippen LogP contribution < -0.4 is 20.7 Å². The molecular formula is C46H60Si4. The lowest BCUT2D eigenvalue weighted by atomic mass is 9.59. The van der Waals surface area contributed by atoms with Gasteiger partial charge in [0, 0.05) is 5.41 Å². The molecule has 0 aliphatic heterocycles. The fourth-order valence-corrected chi connectivity index (χ4v) is 13.5. The van der Waals surface area contributed by atoms with Crippen LogP contribution in [-0.4, -0.2) is 32.3 Å². The Morgan fingerprint density at radius 2 is 0.780 bits per heavy atom. The predicted octanol–water partition coefficient (Wildman–Crippen LogP) is 11.0. The molecule has 260 valence electrons. The Kier molecular flexibility index (Phi) is 8.65. The maximum absolute atomic E-state index is 2.65. The fourth-order valence-electron chi connectivity index (χ4n) is 8.53. The molecule has 4 aromatic rings. The van der Waals surface area contributed by atoms with Gasteiger partial charge in [-0.25, -0.2) is 0 Å². The molecule has 0 aromatic heterocycles. The zero-order valence-electron chi connectivity index (χ0n) is 33.1. The van der Waals surface area contributed by atoms with Crippen LogP contribution in [0.2, 0.25) is 78.6 Å². The lowest BCUT2D eigenvalue weighted by Crippen LogP contribution is -2.45. The van der Waals surface area contributed by atoms with E-state index >= 15 is 0 Å². The van der Waals surface area contributed by atoms with Gasteiger partial charge >= 0.3 is 0 Å². The highest BCUT2D eigenvalue weighted by molar-refractivity contribution is 6.92. The first-order valence-corrected chi connectivity index (χ1v) is 33.2. The Bertz CT molecular complexity index is 1850. The zero-order valence-corrected chi connectivity index (χ0v) is 37.1. The second-order valence-corrected chi connectivity index (χ2v) is 40.3. The normalized spacial score (nSPS) is 17.2. The third kappa shape index (κ3) is 6.44. The standard InChI is InChI=1S/C46H60Si4/c1-47(2,3)38-24-34(25-39(30-38)48(4,5)6)42-18-13-16-32-22-36(28-44(32)42)46(20-15-21-46)37-23-33-17-14-19-43(45(33)29-37)35-26-40(49(7,8)9)31-41(27-35)50(10,11)12/h13-14,16-19,24-31H,15,20-23H2,1-12H3. The summed E-state index contributed by atoms with van der Waals surface area (Å²) in [5, 5.41) is 6.39. The van der Waals surface area contributed by atoms with E-state index in [-0.39, 0.29) is 5.41 Å². The second-order valence-electron chi connectivity index (χ2n) is 20.0. The average molecular weight is 725 g/mol. The minimum atomic E-state index is -1.47. The van der Waals surface area contributed by atoms with Crippen LogP contribution in [0.5, 0.6) is 0 Å². The summed E-state index contributed by atoms with van der Waals surface area (Å²) < 4.78 is 0. The third-order valence-electron chi connectivity index (χ3n) is 12.2. The van der Waals surface area contributed by atoms with Gasteiger partial charge in [-0.2, -0.15) is 0 Å². The van der Waals surface area contributed by atoms with E-state index in [9.17, 15) is 0 Å². The summed E-state index contributed by atoms with van der Waals surface area (Å²) in [5.74, 6) is 0. The van der Waals surface area contributed by atoms with E-state index in [1.807, 2.05) is 0 Å². The van der Waals surface area contributed by atoms with E-state index in [4.69, 9.17) is 0 Å². The van der Waals surface area contributed by atoms with Gasteiger partial charge in [0.05, 0.1) is 32.3 Å². The molecule has 0 N–H and O–H groups in total. The highest BCUT2D eigenvalue weighted by Gasteiger charge is 2.46. The van der Waals surface area contributed by atoms with Gasteiger partial charge in [-0.1, -0.05) is 202 Å². The molecule has 0 amide bonds. The minimum absolute atomic E-state index is 0.194. The molecule has 1 saturated carbocycles. The molecule has 0 unspecified atom stereocenters. The highest BCUT2D eigenvalue weighted by atomic mass is 28.3. The lowest BCUT2D eigenvalue weighted by Gasteiger charge is -2.45. The van der Waals surface area contributed by atoms with E-state index in [1.165, 1.54) is 63.8 Å². The van der Waals surface area contributed by atoms with Crippen molar-refractivity contribution in [1.29, 1.82) is 0 Å². The third-order valence-corrected chi connectivity index (χ3v) is 20.3. The lowest BCUT2D eigenvalue weighted by molar-refractivity contribution is 0.235. The minimum Gasteiger partial charge on any atom is -0.0656 e. The van der Waals surface area contributed by atoms with Crippen LogP contribution in [0.25, 0.3) is 34.4 Å². The van der Waals surface area contributed by atoms with Crippen molar-refractivity contribution < 1.29 is 0 Å². The maximum Gasteiger partial charge on any atom is 0.0776 e. The molecular weight excluding hydrogens is 665 g/mol. The van der Waals surface area contributed by atoms with E-state index in [0.717, 1.165) is 12.8 Å². The molecule has 0 radical (unpaired) electrons. The Balaban J connectivity index is 1.30. The molecule has 4 heteroatoms. The molecule has 0 bridgehead atoms. The number of allylic oxidation sites excluding steroid dienone is 2. The van der Waals surface area contributed by atoms with Gasteiger partial charge in [0.1, 0.15) is 0 Å². The van der Waals surface area contributed by atoms with E-state index in [1.54, 1.807) is 31.9 Å². The summed E-state index contributed by atoms with van der Waals surface area (Å²) in [6.07, 6.45) is 11.4. The molecule has 4 aromatic carbocycles. The summed E-state index contributed by atoms with van der Waals surface area (Å²) in [5.41, 5.74) is 15.3. The molecule has 3 aliphatic rings. The first-order chi connectivity index (χ1) is 23.2. The molecule has 0 atom stereocenters. The van der Waals surface area contributed by atoms with Gasteiger partial charge in [-0.05, 0) is 70.2 Å². The monoisotopic (exact) mass is 724 g/mol. The van der Waals surface area contributed by atoms with Gasteiger partial charge in [0.25, 0.3) is 0 Å². The van der Waals surface area contributed by atoms with Crippen molar-refractivity contribution >= 4 is 65.2 Å². The smallest absolute Gasteiger partial charge is 0.0656 e. The molecule has 1 fully saturated rings. The van der Waals surface area contributed by atoms with Gasteiger partial charge in [0.15, 0.2) is 0 Å². The molecule has 0 nitrogen and oxygen atoms in total. The van der Waals surface area contributed by atoms with E-state index in [2.05, 4.69) is 164 Å². The van der Waals surface area contributed by atoms with Crippen LogP contribution in [-0.2, 0) is 12.8 Å². The van der Waals surface area contributed by atoms with Crippen molar-refractivity contribution in [3.8, 4) is 22.3 Å². The Hall–Kier alpha value is -2.77. The number of rotatable bonds is 8. The number of hydrogen-bond donors (Lipinski definition) is 0. The van der Waals surface area contributed by atoms with Crippen LogP contribution in [0.3, 0.4) is 0 Å². The Labute approximate surface area is 308 Å². The van der Waals surface area contributed by atoms with Crippen LogP contribution in [0.4, 0.5) is 0 Å². The van der Waals surface area contributed by atoms with E-state index < -0.39 is 32.3 Å². The van der Waals surface area contributed by atoms with Crippen molar-refractivity contribution in [1.82, 2.24) is 0 Å². The fraction of sp³-hybridized carbons (Fsp3) is 0.391. The van der Waals surface area contributed by atoms with Gasteiger partial charge in [-0.3, -0.25) is 0 Å². The maximum atomic E-state index is 2.65. The van der Waals surface area contributed by atoms with Crippen LogP contribution >= 0.6 is 0 Å². The van der Waals surface area contributed by atoms with Crippen molar-refractivity contribution in [2.75, 3.05) is 0 Å². The van der Waals surface area contributed by atoms with E-state index in [0.29, 0.717) is 0 Å². The predicted molar refractivity (Wildman–Crippen MR) is 235 cm³/mol. The number of fused-ring (bicyclic) bond motifs is 2. The molecule has 0 saturated heterocycles. The average Bonchev–Trinajstić information content (AvgIpc) is 3.63. The quantitative estimate of drug-likeness (QED) is 0.159. The second kappa shape index (κ2) is 12.1. The van der Waals surface area contributed by atoms with Crippen molar-refractivity contribution in [3.05, 3.63) is 106 Å². The summed E-state index contributed by atoms with van der Waals surface area (Å²) >= 11 is 0. The van der Waals surface area contributed by atoms with Crippen molar-refractivity contribution in [2.45, 2.75) is 111 Å². The summed E-state index contributed by atoms with van der Waals surface area (Å²) in [6, 6.07) is 29.6. The van der Waals surface area contributed by atoms with Crippen LogP contribution in [0, 0.1) is 5.41 Å². The summed E-state index contributed by atoms with van der Waals surface area (Å²) in [7, 11) is -5.90. The van der Waals surface area contributed by atoms with Gasteiger partial charge in [-0.15, -0.1) is 0 Å². The van der Waals surface area contributed by atoms with Gasteiger partial charge in [0.2, 0.25) is 0 Å². The molecule has 0 spiro atoms. The number of benzene rings is 4.